The molecule has 3 heterocycles. The van der Waals surface area contributed by atoms with Gasteiger partial charge in [0, 0.05) is 6.20 Å². The number of fused-ring (bicyclic) bond motifs is 1. The number of hydrogen-bond acceptors (Lipinski definition) is 7. The van der Waals surface area contributed by atoms with Gasteiger partial charge in [-0.1, -0.05) is 0 Å². The van der Waals surface area contributed by atoms with E-state index >= 15 is 0 Å². The van der Waals surface area contributed by atoms with Crippen LogP contribution in [0.2, 0.25) is 0 Å². The second-order valence-corrected chi connectivity index (χ2v) is 4.34. The Bertz CT molecular complexity index is 650. The molecule has 0 saturated carbocycles. The molecule has 1 saturated heterocycles. The summed E-state index contributed by atoms with van der Waals surface area (Å²) >= 11 is 0. The number of ether oxygens (including phenoxy) is 1. The van der Waals surface area contributed by atoms with Crippen LogP contribution in [0.5, 0.6) is 0 Å². The number of furan rings is 1. The molecular weight excluding hydrogens is 256 g/mol. The lowest BCUT2D eigenvalue weighted by atomic mass is 10.1. The lowest BCUT2D eigenvalue weighted by Gasteiger charge is -2.16. The average Bonchev–Trinajstić information content (AvgIpc) is 2.95. The van der Waals surface area contributed by atoms with Gasteiger partial charge in [0.1, 0.15) is 18.3 Å². The first kappa shape index (κ1) is 12.3. The normalized spacial score (nSPS) is 31.1. The van der Waals surface area contributed by atoms with Crippen molar-refractivity contribution in [3.05, 3.63) is 29.0 Å². The van der Waals surface area contributed by atoms with Gasteiger partial charge in [-0.25, -0.2) is 4.79 Å². The Labute approximate surface area is 106 Å². The molecule has 1 aliphatic rings. The van der Waals surface area contributed by atoms with Gasteiger partial charge in [0.15, 0.2) is 6.23 Å². The maximum absolute atomic E-state index is 11.8. The van der Waals surface area contributed by atoms with Gasteiger partial charge in [-0.2, -0.15) is 4.98 Å². The van der Waals surface area contributed by atoms with Gasteiger partial charge in [0.05, 0.1) is 18.3 Å². The highest BCUT2D eigenvalue weighted by atomic mass is 16.6. The Morgan fingerprint density at radius 3 is 2.84 bits per heavy atom. The van der Waals surface area contributed by atoms with Crippen LogP contribution < -0.4 is 5.69 Å². The first-order valence-electron chi connectivity index (χ1n) is 5.70. The summed E-state index contributed by atoms with van der Waals surface area (Å²) in [6, 6.07) is 1.61. The fourth-order valence-electron chi connectivity index (χ4n) is 2.14. The van der Waals surface area contributed by atoms with Crippen molar-refractivity contribution in [2.45, 2.75) is 24.5 Å². The molecule has 102 valence electrons. The Balaban J connectivity index is 2.04. The molecule has 8 nitrogen and oxygen atoms in total. The largest absolute Gasteiger partial charge is 0.446 e. The second kappa shape index (κ2) is 4.42. The van der Waals surface area contributed by atoms with Gasteiger partial charge >= 0.3 is 5.69 Å². The fraction of sp³-hybridized carbons (Fsp3) is 0.455. The van der Waals surface area contributed by atoms with E-state index in [1.807, 2.05) is 0 Å². The minimum Gasteiger partial charge on any atom is -0.446 e. The molecule has 19 heavy (non-hydrogen) atoms. The fourth-order valence-corrected chi connectivity index (χ4v) is 2.14. The molecule has 3 N–H and O–H groups in total. The van der Waals surface area contributed by atoms with E-state index in [0.29, 0.717) is 5.39 Å². The summed E-state index contributed by atoms with van der Waals surface area (Å²) in [5.74, 6) is 0. The minimum atomic E-state index is -1.32. The van der Waals surface area contributed by atoms with Crippen molar-refractivity contribution in [2.24, 2.45) is 0 Å². The standard InChI is InChI=1S/C11H12N2O6/c14-4-6-7(15)8(16)10(19-6)13-3-5-1-2-18-9(5)12-11(13)17/h1-3,6-8,10,14-16H,4H2/t6-,7-,8-,10-/m1/s1. The highest BCUT2D eigenvalue weighted by Crippen LogP contribution is 2.28. The Morgan fingerprint density at radius 1 is 1.37 bits per heavy atom. The van der Waals surface area contributed by atoms with Crippen molar-refractivity contribution in [1.29, 1.82) is 0 Å². The van der Waals surface area contributed by atoms with E-state index in [1.165, 1.54) is 12.5 Å². The third-order valence-electron chi connectivity index (χ3n) is 3.16. The maximum Gasteiger partial charge on any atom is 0.353 e. The van der Waals surface area contributed by atoms with Crippen LogP contribution in [0.15, 0.2) is 27.7 Å². The van der Waals surface area contributed by atoms with E-state index in [2.05, 4.69) is 4.98 Å². The number of nitrogens with zero attached hydrogens (tertiary/aromatic N) is 2. The smallest absolute Gasteiger partial charge is 0.353 e. The third kappa shape index (κ3) is 1.85. The Morgan fingerprint density at radius 2 is 2.16 bits per heavy atom. The molecule has 2 aromatic rings. The first-order chi connectivity index (χ1) is 9.11. The maximum atomic E-state index is 11.8. The predicted octanol–water partition coefficient (Wildman–Crippen LogP) is -1.40. The summed E-state index contributed by atoms with van der Waals surface area (Å²) in [6.07, 6.45) is -1.80. The van der Waals surface area contributed by atoms with E-state index in [0.717, 1.165) is 4.57 Å². The molecule has 0 amide bonds. The van der Waals surface area contributed by atoms with E-state index in [4.69, 9.17) is 14.3 Å². The van der Waals surface area contributed by atoms with Crippen molar-refractivity contribution in [3.8, 4) is 0 Å². The van der Waals surface area contributed by atoms with Crippen LogP contribution in [0.25, 0.3) is 11.1 Å². The zero-order valence-corrected chi connectivity index (χ0v) is 9.71. The van der Waals surface area contributed by atoms with Gasteiger partial charge in [0.25, 0.3) is 0 Å². The molecule has 3 rings (SSSR count). The van der Waals surface area contributed by atoms with Crippen molar-refractivity contribution >= 4 is 11.1 Å². The molecule has 0 spiro atoms. The van der Waals surface area contributed by atoms with Gasteiger partial charge in [-0.05, 0) is 6.07 Å². The van der Waals surface area contributed by atoms with Crippen LogP contribution in [0, 0.1) is 0 Å². The van der Waals surface area contributed by atoms with E-state index < -0.39 is 36.8 Å². The van der Waals surface area contributed by atoms with Crippen LogP contribution >= 0.6 is 0 Å². The minimum absolute atomic E-state index is 0.188. The molecular formula is C11H12N2O6. The van der Waals surface area contributed by atoms with Gasteiger partial charge in [-0.15, -0.1) is 0 Å². The summed E-state index contributed by atoms with van der Waals surface area (Å²) in [4.78, 5) is 15.5. The van der Waals surface area contributed by atoms with Crippen LogP contribution in [-0.4, -0.2) is 49.8 Å². The highest BCUT2D eigenvalue weighted by molar-refractivity contribution is 5.71. The summed E-state index contributed by atoms with van der Waals surface area (Å²) in [5.41, 5.74) is -0.481. The molecule has 1 fully saturated rings. The third-order valence-corrected chi connectivity index (χ3v) is 3.16. The van der Waals surface area contributed by atoms with Crippen molar-refractivity contribution < 1.29 is 24.5 Å². The van der Waals surface area contributed by atoms with Crippen LogP contribution in [-0.2, 0) is 4.74 Å². The number of aromatic nitrogens is 2. The quantitative estimate of drug-likeness (QED) is 0.613. The lowest BCUT2D eigenvalue weighted by Crippen LogP contribution is -2.35. The SMILES string of the molecule is O=c1nc2occc2cn1[C@@H]1O[C@H](CO)[C@@H](O)[C@H]1O. The van der Waals surface area contributed by atoms with E-state index in [1.54, 1.807) is 6.07 Å². The highest BCUT2D eigenvalue weighted by Gasteiger charge is 2.43. The lowest BCUT2D eigenvalue weighted by molar-refractivity contribution is -0.0547. The zero-order valence-electron chi connectivity index (χ0n) is 9.71. The summed E-state index contributed by atoms with van der Waals surface area (Å²) in [5, 5.41) is 29.1. The monoisotopic (exact) mass is 268 g/mol. The molecule has 0 unspecified atom stereocenters. The topological polar surface area (TPSA) is 118 Å². The van der Waals surface area contributed by atoms with E-state index in [-0.39, 0.29) is 5.71 Å². The van der Waals surface area contributed by atoms with E-state index in [9.17, 15) is 15.0 Å². The Hall–Kier alpha value is -1.74. The van der Waals surface area contributed by atoms with Crippen LogP contribution in [0.1, 0.15) is 6.23 Å². The van der Waals surface area contributed by atoms with Gasteiger partial charge in [-0.3, -0.25) is 4.57 Å². The molecule has 2 aromatic heterocycles. The molecule has 0 radical (unpaired) electrons. The molecule has 0 bridgehead atoms. The number of aliphatic hydroxyl groups excluding tert-OH is 3. The molecule has 8 heteroatoms. The number of rotatable bonds is 2. The van der Waals surface area contributed by atoms with Crippen LogP contribution in [0.3, 0.4) is 0 Å². The average molecular weight is 268 g/mol. The second-order valence-electron chi connectivity index (χ2n) is 4.34. The first-order valence-corrected chi connectivity index (χ1v) is 5.70. The summed E-state index contributed by atoms with van der Waals surface area (Å²) < 4.78 is 11.3. The van der Waals surface area contributed by atoms with Gasteiger partial charge < -0.3 is 24.5 Å². The molecule has 0 aromatic carbocycles. The molecule has 0 aliphatic carbocycles. The van der Waals surface area contributed by atoms with Gasteiger partial charge in [0.2, 0.25) is 5.71 Å². The number of aliphatic hydroxyl groups is 3. The molecule has 4 atom stereocenters. The van der Waals surface area contributed by atoms with Crippen molar-refractivity contribution in [2.75, 3.05) is 6.61 Å². The Kier molecular flexibility index (Phi) is 2.86. The summed E-state index contributed by atoms with van der Waals surface area (Å²) in [7, 11) is 0. The van der Waals surface area contributed by atoms with Crippen molar-refractivity contribution in [1.82, 2.24) is 9.55 Å². The summed E-state index contributed by atoms with van der Waals surface area (Å²) in [6.45, 7) is -0.454. The van der Waals surface area contributed by atoms with Crippen molar-refractivity contribution in [3.63, 3.8) is 0 Å². The van der Waals surface area contributed by atoms with Crippen LogP contribution in [0.4, 0.5) is 0 Å². The number of hydrogen-bond donors (Lipinski definition) is 3. The predicted molar refractivity (Wildman–Crippen MR) is 61.3 cm³/mol. The zero-order chi connectivity index (χ0) is 13.6. The molecule has 1 aliphatic heterocycles.